The zero-order chi connectivity index (χ0) is 28.1. The standard InChI is InChI=1S/C30H37N3O5/c1-7-30(5,6)33(25(35)19-31-28(37)38-29(2,3)4)26(22-13-10-14-24(34)18-22)27(36)32-23-16-15-20-11-8-9-12-21(20)17-23/h8-18,26,34H,7,19H2,1-6H3,(H,31,37)(H,32,36). The second-order valence-electron chi connectivity index (χ2n) is 10.8. The lowest BCUT2D eigenvalue weighted by Gasteiger charge is -2.43. The molecule has 1 atom stereocenters. The zero-order valence-corrected chi connectivity index (χ0v) is 22.9. The molecule has 8 heteroatoms. The topological polar surface area (TPSA) is 108 Å². The van der Waals surface area contributed by atoms with E-state index in [9.17, 15) is 19.5 Å². The number of carbonyl (C=O) groups is 3. The number of hydrogen-bond acceptors (Lipinski definition) is 5. The number of hydrogen-bond donors (Lipinski definition) is 3. The van der Waals surface area contributed by atoms with Gasteiger partial charge >= 0.3 is 6.09 Å². The molecular weight excluding hydrogens is 482 g/mol. The summed E-state index contributed by atoms with van der Waals surface area (Å²) >= 11 is 0. The molecule has 0 fully saturated rings. The number of carbonyl (C=O) groups excluding carboxylic acids is 3. The van der Waals surface area contributed by atoms with Crippen LogP contribution in [0.25, 0.3) is 10.8 Å². The van der Waals surface area contributed by atoms with Crippen LogP contribution in [-0.4, -0.2) is 45.6 Å². The first-order chi connectivity index (χ1) is 17.8. The fraction of sp³-hybridized carbons (Fsp3) is 0.367. The van der Waals surface area contributed by atoms with Crippen molar-refractivity contribution in [3.63, 3.8) is 0 Å². The van der Waals surface area contributed by atoms with E-state index in [2.05, 4.69) is 10.6 Å². The van der Waals surface area contributed by atoms with Gasteiger partial charge in [-0.25, -0.2) is 4.79 Å². The molecule has 0 bridgehead atoms. The van der Waals surface area contributed by atoms with Crippen LogP contribution in [0.1, 0.15) is 59.6 Å². The highest BCUT2D eigenvalue weighted by molar-refractivity contribution is 6.00. The van der Waals surface area contributed by atoms with Crippen LogP contribution in [0.5, 0.6) is 5.75 Å². The number of ether oxygens (including phenoxy) is 1. The Balaban J connectivity index is 1.98. The minimum Gasteiger partial charge on any atom is -0.508 e. The first-order valence-electron chi connectivity index (χ1n) is 12.7. The third kappa shape index (κ3) is 7.25. The third-order valence-electron chi connectivity index (χ3n) is 6.28. The number of anilines is 1. The molecule has 3 rings (SSSR count). The van der Waals surface area contributed by atoms with Gasteiger partial charge in [0.2, 0.25) is 5.91 Å². The SMILES string of the molecule is CCC(C)(C)N(C(=O)CNC(=O)OC(C)(C)C)C(C(=O)Nc1ccc2ccccc2c1)c1cccc(O)c1. The smallest absolute Gasteiger partial charge is 0.408 e. The van der Waals surface area contributed by atoms with E-state index in [1.54, 1.807) is 39.0 Å². The number of alkyl carbamates (subject to hydrolysis) is 1. The van der Waals surface area contributed by atoms with E-state index in [1.807, 2.05) is 57.2 Å². The van der Waals surface area contributed by atoms with Crippen LogP contribution in [0.3, 0.4) is 0 Å². The number of fused-ring (bicyclic) bond motifs is 1. The van der Waals surface area contributed by atoms with Gasteiger partial charge in [0.1, 0.15) is 23.9 Å². The average molecular weight is 520 g/mol. The Morgan fingerprint density at radius 3 is 2.24 bits per heavy atom. The van der Waals surface area contributed by atoms with Crippen molar-refractivity contribution in [2.24, 2.45) is 0 Å². The summed E-state index contributed by atoms with van der Waals surface area (Å²) in [5, 5.41) is 17.7. The van der Waals surface area contributed by atoms with E-state index in [1.165, 1.54) is 17.0 Å². The lowest BCUT2D eigenvalue weighted by molar-refractivity contribution is -0.145. The lowest BCUT2D eigenvalue weighted by atomic mass is 9.92. The summed E-state index contributed by atoms with van der Waals surface area (Å²) < 4.78 is 5.27. The number of benzene rings is 3. The maximum Gasteiger partial charge on any atom is 0.408 e. The van der Waals surface area contributed by atoms with Crippen LogP contribution in [0.15, 0.2) is 66.7 Å². The Labute approximate surface area is 224 Å². The monoisotopic (exact) mass is 519 g/mol. The largest absolute Gasteiger partial charge is 0.508 e. The maximum absolute atomic E-state index is 13.9. The molecule has 3 aromatic rings. The predicted octanol–water partition coefficient (Wildman–Crippen LogP) is 5.77. The van der Waals surface area contributed by atoms with Gasteiger partial charge in [-0.3, -0.25) is 9.59 Å². The highest BCUT2D eigenvalue weighted by Gasteiger charge is 2.40. The van der Waals surface area contributed by atoms with Crippen molar-refractivity contribution in [2.75, 3.05) is 11.9 Å². The molecule has 0 aromatic heterocycles. The van der Waals surface area contributed by atoms with E-state index in [0.717, 1.165) is 10.8 Å². The molecule has 3 N–H and O–H groups in total. The third-order valence-corrected chi connectivity index (χ3v) is 6.28. The van der Waals surface area contributed by atoms with Crippen molar-refractivity contribution in [1.82, 2.24) is 10.2 Å². The molecule has 8 nitrogen and oxygen atoms in total. The van der Waals surface area contributed by atoms with Gasteiger partial charge in [0.25, 0.3) is 5.91 Å². The van der Waals surface area contributed by atoms with Crippen molar-refractivity contribution < 1.29 is 24.2 Å². The lowest BCUT2D eigenvalue weighted by Crippen LogP contribution is -2.55. The van der Waals surface area contributed by atoms with E-state index >= 15 is 0 Å². The van der Waals surface area contributed by atoms with E-state index < -0.39 is 35.1 Å². The minimum absolute atomic E-state index is 0.0282. The van der Waals surface area contributed by atoms with Gasteiger partial charge < -0.3 is 25.4 Å². The van der Waals surface area contributed by atoms with Gasteiger partial charge in [0, 0.05) is 11.2 Å². The summed E-state index contributed by atoms with van der Waals surface area (Å²) in [6, 6.07) is 18.6. The molecule has 0 spiro atoms. The second kappa shape index (κ2) is 11.5. The molecule has 0 radical (unpaired) electrons. The predicted molar refractivity (Wildman–Crippen MR) is 149 cm³/mol. The summed E-state index contributed by atoms with van der Waals surface area (Å²) in [4.78, 5) is 41.3. The normalized spacial score (nSPS) is 12.5. The first-order valence-corrected chi connectivity index (χ1v) is 12.7. The Bertz CT molecular complexity index is 1310. The van der Waals surface area contributed by atoms with Crippen molar-refractivity contribution in [1.29, 1.82) is 0 Å². The van der Waals surface area contributed by atoms with Crippen LogP contribution in [0, 0.1) is 0 Å². The Morgan fingerprint density at radius 1 is 0.921 bits per heavy atom. The molecule has 0 aliphatic carbocycles. The molecule has 0 aliphatic rings. The average Bonchev–Trinajstić information content (AvgIpc) is 2.84. The number of phenolic OH excluding ortho intramolecular Hbond substituents is 1. The fourth-order valence-corrected chi connectivity index (χ4v) is 4.14. The number of rotatable bonds is 8. The number of nitrogens with one attached hydrogen (secondary N) is 2. The molecule has 1 unspecified atom stereocenters. The van der Waals surface area contributed by atoms with Crippen LogP contribution >= 0.6 is 0 Å². The van der Waals surface area contributed by atoms with Crippen molar-refractivity contribution in [3.05, 3.63) is 72.3 Å². The van der Waals surface area contributed by atoms with E-state index in [4.69, 9.17) is 4.74 Å². The molecule has 3 aromatic carbocycles. The summed E-state index contributed by atoms with van der Waals surface area (Å²) in [5.41, 5.74) is -0.481. The number of aromatic hydroxyl groups is 1. The Hall–Kier alpha value is -4.07. The van der Waals surface area contributed by atoms with E-state index in [-0.39, 0.29) is 12.3 Å². The minimum atomic E-state index is -1.09. The molecule has 202 valence electrons. The Morgan fingerprint density at radius 2 is 1.61 bits per heavy atom. The molecule has 0 aliphatic heterocycles. The van der Waals surface area contributed by atoms with Gasteiger partial charge in [-0.05, 0) is 81.6 Å². The summed E-state index contributed by atoms with van der Waals surface area (Å²) in [5.74, 6) is -0.942. The molecule has 0 saturated carbocycles. The highest BCUT2D eigenvalue weighted by Crippen LogP contribution is 2.33. The molecule has 38 heavy (non-hydrogen) atoms. The van der Waals surface area contributed by atoms with Gasteiger partial charge in [-0.15, -0.1) is 0 Å². The maximum atomic E-state index is 13.9. The molecule has 0 saturated heterocycles. The number of phenols is 1. The van der Waals surface area contributed by atoms with E-state index in [0.29, 0.717) is 17.7 Å². The molecule has 3 amide bonds. The molecular formula is C30H37N3O5. The fourth-order valence-electron chi connectivity index (χ4n) is 4.14. The molecule has 0 heterocycles. The summed E-state index contributed by atoms with van der Waals surface area (Å²) in [7, 11) is 0. The van der Waals surface area contributed by atoms with Gasteiger partial charge in [-0.2, -0.15) is 0 Å². The van der Waals surface area contributed by atoms with Crippen LogP contribution in [0.4, 0.5) is 10.5 Å². The summed E-state index contributed by atoms with van der Waals surface area (Å²) in [6.07, 6.45) is -0.196. The van der Waals surface area contributed by atoms with Gasteiger partial charge in [0.15, 0.2) is 0 Å². The van der Waals surface area contributed by atoms with Crippen LogP contribution in [0.2, 0.25) is 0 Å². The van der Waals surface area contributed by atoms with Crippen LogP contribution in [-0.2, 0) is 14.3 Å². The quantitative estimate of drug-likeness (QED) is 0.350. The van der Waals surface area contributed by atoms with Gasteiger partial charge in [0.05, 0.1) is 0 Å². The van der Waals surface area contributed by atoms with Crippen molar-refractivity contribution in [2.45, 2.75) is 65.1 Å². The number of amides is 3. The second-order valence-corrected chi connectivity index (χ2v) is 10.8. The Kier molecular flexibility index (Phi) is 8.66. The van der Waals surface area contributed by atoms with Crippen molar-refractivity contribution in [3.8, 4) is 5.75 Å². The highest BCUT2D eigenvalue weighted by atomic mass is 16.6. The van der Waals surface area contributed by atoms with Crippen LogP contribution < -0.4 is 10.6 Å². The van der Waals surface area contributed by atoms with Crippen molar-refractivity contribution >= 4 is 34.4 Å². The summed E-state index contributed by atoms with van der Waals surface area (Å²) in [6.45, 7) is 10.5. The number of nitrogens with zero attached hydrogens (tertiary/aromatic N) is 1. The van der Waals surface area contributed by atoms with Gasteiger partial charge in [-0.1, -0.05) is 49.4 Å². The zero-order valence-electron chi connectivity index (χ0n) is 22.9. The first kappa shape index (κ1) is 28.5.